The lowest BCUT2D eigenvalue weighted by Gasteiger charge is -2.40. The summed E-state index contributed by atoms with van der Waals surface area (Å²) in [5.41, 5.74) is 0. The van der Waals surface area contributed by atoms with Gasteiger partial charge in [0.25, 0.3) is 0 Å². The van der Waals surface area contributed by atoms with Crippen LogP contribution in [0, 0.1) is 0 Å². The number of ether oxygens (including phenoxy) is 5. The number of carboxylic acids is 1. The second kappa shape index (κ2) is 59.5. The first-order valence-corrected chi connectivity index (χ1v) is 33.5. The Kier molecular flexibility index (Phi) is 54.6. The number of aliphatic hydroxyl groups is 2. The molecule has 1 fully saturated rings. The van der Waals surface area contributed by atoms with E-state index in [2.05, 4.69) is 142 Å². The first kappa shape index (κ1) is 78.1. The maximum atomic E-state index is 13.2. The largest absolute Gasteiger partial charge is 0.479 e. The van der Waals surface area contributed by atoms with Gasteiger partial charge in [-0.1, -0.05) is 239 Å². The summed E-state index contributed by atoms with van der Waals surface area (Å²) in [6.07, 6.45) is 70.0. The standard InChI is InChI=1S/C73H118O12/c1-4-7-10-13-16-19-22-25-28-31-33-36-38-41-44-47-50-53-56-59-65(74)81-62-64(83-66(75)60-57-54-51-48-45-42-39-35-30-27-24-21-18-15-12-9-6-3)63-82-73-71(69(78)68(77)70(85-73)72(79)80)84-67(76)61-58-55-52-49-46-43-40-37-34-32-29-26-23-20-17-14-11-8-5-2/h7-8,10-11,16-17,19-20,25-30,33-34,36-37,41,44,64,68-71,73,77-78H,4-6,9,12-15,18,21-24,31-32,35,38-40,42-43,45-63H2,1-3H3,(H,79,80)/b10-7-,11-8-,19-16-,20-17-,28-25-,29-26-,30-27-,36-33-,37-34-,44-41-. The third kappa shape index (κ3) is 48.9. The predicted octanol–water partition coefficient (Wildman–Crippen LogP) is 18.3. The van der Waals surface area contributed by atoms with Crippen molar-refractivity contribution in [1.82, 2.24) is 0 Å². The van der Waals surface area contributed by atoms with E-state index < -0.39 is 67.3 Å². The molecule has 1 rings (SSSR count). The smallest absolute Gasteiger partial charge is 0.335 e. The minimum absolute atomic E-state index is 0.0346. The average molecular weight is 1190 g/mol. The number of rotatable bonds is 56. The highest BCUT2D eigenvalue weighted by Crippen LogP contribution is 2.26. The molecular weight excluding hydrogens is 1070 g/mol. The fourth-order valence-corrected chi connectivity index (χ4v) is 9.44. The van der Waals surface area contributed by atoms with Crippen molar-refractivity contribution in [3.05, 3.63) is 122 Å². The van der Waals surface area contributed by atoms with Crippen LogP contribution in [0.2, 0.25) is 0 Å². The zero-order chi connectivity index (χ0) is 61.7. The van der Waals surface area contributed by atoms with Crippen molar-refractivity contribution in [2.24, 2.45) is 0 Å². The highest BCUT2D eigenvalue weighted by atomic mass is 16.7. The van der Waals surface area contributed by atoms with E-state index in [0.29, 0.717) is 19.3 Å². The molecule has 6 atom stereocenters. The molecule has 482 valence electrons. The number of hydrogen-bond donors (Lipinski definition) is 3. The van der Waals surface area contributed by atoms with Gasteiger partial charge in [0.2, 0.25) is 0 Å². The molecule has 0 aromatic rings. The summed E-state index contributed by atoms with van der Waals surface area (Å²) in [6.45, 7) is 5.75. The minimum atomic E-state index is -1.92. The van der Waals surface area contributed by atoms with E-state index in [0.717, 1.165) is 148 Å². The van der Waals surface area contributed by atoms with Crippen LogP contribution >= 0.6 is 0 Å². The first-order valence-electron chi connectivity index (χ1n) is 33.5. The number of allylic oxidation sites excluding steroid dienone is 20. The van der Waals surface area contributed by atoms with Crippen LogP contribution in [-0.4, -0.2) is 89.2 Å². The molecule has 85 heavy (non-hydrogen) atoms. The molecule has 0 bridgehead atoms. The Morgan fingerprint density at radius 2 is 0.741 bits per heavy atom. The Balaban J connectivity index is 2.69. The van der Waals surface area contributed by atoms with Crippen molar-refractivity contribution in [2.45, 2.75) is 302 Å². The third-order valence-electron chi connectivity index (χ3n) is 14.5. The van der Waals surface area contributed by atoms with Crippen LogP contribution in [0.3, 0.4) is 0 Å². The normalized spacial score (nSPS) is 18.2. The molecular formula is C73H118O12. The Morgan fingerprint density at radius 3 is 1.15 bits per heavy atom. The van der Waals surface area contributed by atoms with E-state index >= 15 is 0 Å². The van der Waals surface area contributed by atoms with Crippen molar-refractivity contribution in [2.75, 3.05) is 13.2 Å². The molecule has 0 aromatic carbocycles. The average Bonchev–Trinajstić information content (AvgIpc) is 3.51. The molecule has 1 aliphatic heterocycles. The van der Waals surface area contributed by atoms with Gasteiger partial charge in [-0.05, 0) is 128 Å². The lowest BCUT2D eigenvalue weighted by atomic mass is 9.98. The highest BCUT2D eigenvalue weighted by Gasteiger charge is 2.50. The van der Waals surface area contributed by atoms with Gasteiger partial charge in [-0.3, -0.25) is 14.4 Å². The van der Waals surface area contributed by atoms with Crippen molar-refractivity contribution in [3.8, 4) is 0 Å². The van der Waals surface area contributed by atoms with Crippen molar-refractivity contribution in [1.29, 1.82) is 0 Å². The zero-order valence-electron chi connectivity index (χ0n) is 53.3. The summed E-state index contributed by atoms with van der Waals surface area (Å²) in [6, 6.07) is 0. The van der Waals surface area contributed by atoms with E-state index in [4.69, 9.17) is 23.7 Å². The van der Waals surface area contributed by atoms with E-state index in [1.807, 2.05) is 0 Å². The van der Waals surface area contributed by atoms with Gasteiger partial charge in [-0.15, -0.1) is 0 Å². The molecule has 12 nitrogen and oxygen atoms in total. The molecule has 0 aliphatic carbocycles. The second-order valence-corrected chi connectivity index (χ2v) is 22.3. The monoisotopic (exact) mass is 1190 g/mol. The lowest BCUT2D eigenvalue weighted by Crippen LogP contribution is -2.61. The molecule has 1 aliphatic rings. The van der Waals surface area contributed by atoms with Crippen LogP contribution in [0.25, 0.3) is 0 Å². The summed E-state index contributed by atoms with van der Waals surface area (Å²) in [5, 5.41) is 31.6. The van der Waals surface area contributed by atoms with Gasteiger partial charge in [0, 0.05) is 19.3 Å². The van der Waals surface area contributed by atoms with Gasteiger partial charge in [-0.2, -0.15) is 0 Å². The minimum Gasteiger partial charge on any atom is -0.479 e. The fraction of sp³-hybridized carbons (Fsp3) is 0.671. The molecule has 3 N–H and O–H groups in total. The van der Waals surface area contributed by atoms with Crippen LogP contribution < -0.4 is 0 Å². The van der Waals surface area contributed by atoms with E-state index in [1.165, 1.54) is 57.8 Å². The van der Waals surface area contributed by atoms with Crippen LogP contribution in [0.5, 0.6) is 0 Å². The zero-order valence-corrected chi connectivity index (χ0v) is 53.3. The number of esters is 3. The molecule has 1 heterocycles. The maximum absolute atomic E-state index is 13.2. The molecule has 0 amide bonds. The number of hydrogen-bond acceptors (Lipinski definition) is 11. The molecule has 12 heteroatoms. The number of carbonyl (C=O) groups is 4. The Bertz CT molecular complexity index is 1940. The molecule has 0 radical (unpaired) electrons. The van der Waals surface area contributed by atoms with Crippen LogP contribution in [0.4, 0.5) is 0 Å². The van der Waals surface area contributed by atoms with E-state index in [-0.39, 0.29) is 25.9 Å². The number of carboxylic acid groups (broad SMARTS) is 1. The first-order chi connectivity index (χ1) is 41.6. The number of aliphatic hydroxyl groups excluding tert-OH is 2. The van der Waals surface area contributed by atoms with Crippen LogP contribution in [0.15, 0.2) is 122 Å². The van der Waals surface area contributed by atoms with Gasteiger partial charge < -0.3 is 39.0 Å². The van der Waals surface area contributed by atoms with Crippen LogP contribution in [-0.2, 0) is 42.9 Å². The Hall–Kier alpha value is -4.88. The lowest BCUT2D eigenvalue weighted by molar-refractivity contribution is -0.301. The van der Waals surface area contributed by atoms with Crippen molar-refractivity contribution < 1.29 is 58.2 Å². The fourth-order valence-electron chi connectivity index (χ4n) is 9.44. The Labute approximate surface area is 516 Å². The van der Waals surface area contributed by atoms with Gasteiger partial charge in [0.1, 0.15) is 18.8 Å². The van der Waals surface area contributed by atoms with E-state index in [9.17, 15) is 34.5 Å². The quantitative estimate of drug-likeness (QED) is 0.0228. The topological polar surface area (TPSA) is 175 Å². The summed E-state index contributed by atoms with van der Waals surface area (Å²) >= 11 is 0. The summed E-state index contributed by atoms with van der Waals surface area (Å²) < 4.78 is 28.5. The van der Waals surface area contributed by atoms with Crippen molar-refractivity contribution in [3.63, 3.8) is 0 Å². The maximum Gasteiger partial charge on any atom is 0.335 e. The molecule has 0 saturated carbocycles. The molecule has 0 aromatic heterocycles. The SMILES string of the molecule is CC/C=C\C/C=C\C/C=C\C/C=C\C/C=C\CCCCCC(=O)OCC(COC1OC(C(=O)O)C(O)C(O)C1OC(=O)CCCCCCCC/C=C\C/C=C\C/C=C\C/C=C\CC)OC(=O)CCCCCCCCC/C=C\CCCCCCCC. The third-order valence-corrected chi connectivity index (χ3v) is 14.5. The van der Waals surface area contributed by atoms with Gasteiger partial charge in [0.15, 0.2) is 24.6 Å². The second-order valence-electron chi connectivity index (χ2n) is 22.3. The number of carbonyl (C=O) groups excluding carboxylic acids is 3. The Morgan fingerprint density at radius 1 is 0.400 bits per heavy atom. The summed E-state index contributed by atoms with van der Waals surface area (Å²) in [7, 11) is 0. The van der Waals surface area contributed by atoms with Gasteiger partial charge in [-0.25, -0.2) is 4.79 Å². The molecule has 1 saturated heterocycles. The van der Waals surface area contributed by atoms with Gasteiger partial charge in [0.05, 0.1) is 6.61 Å². The van der Waals surface area contributed by atoms with E-state index in [1.54, 1.807) is 0 Å². The molecule has 0 spiro atoms. The predicted molar refractivity (Wildman–Crippen MR) is 349 cm³/mol. The van der Waals surface area contributed by atoms with Crippen molar-refractivity contribution >= 4 is 23.9 Å². The summed E-state index contributed by atoms with van der Waals surface area (Å²) in [4.78, 5) is 51.4. The number of aliphatic carboxylic acids is 1. The van der Waals surface area contributed by atoms with Crippen LogP contribution in [0.1, 0.15) is 265 Å². The highest BCUT2D eigenvalue weighted by molar-refractivity contribution is 5.74. The van der Waals surface area contributed by atoms with Gasteiger partial charge >= 0.3 is 23.9 Å². The number of unbranched alkanes of at least 4 members (excludes halogenated alkanes) is 22. The summed E-state index contributed by atoms with van der Waals surface area (Å²) in [5.74, 6) is -3.19. The molecule has 6 unspecified atom stereocenters.